The maximum Gasteiger partial charge on any atom is 0.211 e. The van der Waals surface area contributed by atoms with Crippen LogP contribution in [0.3, 0.4) is 0 Å². The van der Waals surface area contributed by atoms with Crippen molar-refractivity contribution in [2.75, 3.05) is 32.9 Å². The number of hydrogen-bond donors (Lipinski definition) is 2. The molecule has 1 aliphatic rings. The summed E-state index contributed by atoms with van der Waals surface area (Å²) in [7, 11) is 0.454. The largest absolute Gasteiger partial charge is 0.361 e. The lowest BCUT2D eigenvalue weighted by Crippen LogP contribution is -2.26. The summed E-state index contributed by atoms with van der Waals surface area (Å²) in [5.41, 5.74) is 2.38. The fraction of sp³-hybridized carbons (Fsp3) is 0.529. The Morgan fingerprint density at radius 1 is 1.38 bits per heavy atom. The molecule has 24 heavy (non-hydrogen) atoms. The van der Waals surface area contributed by atoms with E-state index in [0.717, 1.165) is 25.0 Å². The zero-order valence-corrected chi connectivity index (χ0v) is 15.8. The van der Waals surface area contributed by atoms with Gasteiger partial charge >= 0.3 is 0 Å². The Morgan fingerprint density at radius 2 is 2.17 bits per heavy atom. The molecule has 2 atom stereocenters. The van der Waals surface area contributed by atoms with Gasteiger partial charge in [0.25, 0.3) is 0 Å². The Bertz CT molecular complexity index is 775. The Kier molecular flexibility index (Phi) is 6.31. The summed E-state index contributed by atoms with van der Waals surface area (Å²) >= 11 is 0. The third kappa shape index (κ3) is 4.30. The lowest BCUT2D eigenvalue weighted by atomic mass is 9.83. The molecule has 0 saturated carbocycles. The molecule has 0 radical (unpaired) electrons. The van der Waals surface area contributed by atoms with Crippen LogP contribution in [0.15, 0.2) is 30.5 Å². The number of aromatic amines is 1. The molecule has 7 heteroatoms. The number of sulfonamides is 1. The van der Waals surface area contributed by atoms with E-state index in [1.54, 1.807) is 0 Å². The number of hydrogen-bond acceptors (Lipinski definition) is 3. The Labute approximate surface area is 150 Å². The van der Waals surface area contributed by atoms with Gasteiger partial charge in [0.1, 0.15) is 0 Å². The maximum atomic E-state index is 11.9. The average molecular weight is 372 g/mol. The highest BCUT2D eigenvalue weighted by Crippen LogP contribution is 2.35. The number of H-pyrrole nitrogens is 1. The van der Waals surface area contributed by atoms with Gasteiger partial charge in [-0.05, 0) is 74.5 Å². The van der Waals surface area contributed by atoms with Crippen LogP contribution < -0.4 is 4.72 Å². The molecule has 0 spiro atoms. The lowest BCUT2D eigenvalue weighted by Gasteiger charge is -2.24. The zero-order chi connectivity index (χ0) is 16.4. The van der Waals surface area contributed by atoms with E-state index < -0.39 is 10.0 Å². The number of likely N-dealkylation sites (tertiary alicyclic amines) is 1. The first-order valence-corrected chi connectivity index (χ1v) is 9.80. The highest BCUT2D eigenvalue weighted by Gasteiger charge is 2.30. The van der Waals surface area contributed by atoms with Gasteiger partial charge in [0.2, 0.25) is 10.0 Å². The summed E-state index contributed by atoms with van der Waals surface area (Å²) in [6, 6.07) is 8.53. The van der Waals surface area contributed by atoms with Crippen LogP contribution in [0.1, 0.15) is 24.3 Å². The van der Waals surface area contributed by atoms with Crippen LogP contribution in [0.5, 0.6) is 0 Å². The van der Waals surface area contributed by atoms with Crippen molar-refractivity contribution in [3.63, 3.8) is 0 Å². The quantitative estimate of drug-likeness (QED) is 0.820. The summed E-state index contributed by atoms with van der Waals surface area (Å²) in [4.78, 5) is 5.55. The van der Waals surface area contributed by atoms with E-state index in [0.29, 0.717) is 12.3 Å². The summed E-state index contributed by atoms with van der Waals surface area (Å²) < 4.78 is 26.1. The first-order chi connectivity index (χ1) is 11.0. The summed E-state index contributed by atoms with van der Waals surface area (Å²) in [5, 5.41) is 1.19. The molecule has 0 bridgehead atoms. The number of nitrogens with zero attached hydrogens (tertiary/aromatic N) is 1. The molecule has 2 aromatic rings. The van der Waals surface area contributed by atoms with E-state index in [-0.39, 0.29) is 24.1 Å². The second-order valence-electron chi connectivity index (χ2n) is 6.55. The van der Waals surface area contributed by atoms with E-state index in [1.807, 2.05) is 6.20 Å². The molecule has 134 valence electrons. The van der Waals surface area contributed by atoms with Crippen molar-refractivity contribution in [2.45, 2.75) is 18.8 Å². The zero-order valence-electron chi connectivity index (χ0n) is 14.2. The van der Waals surface area contributed by atoms with Gasteiger partial charge in [0.05, 0.1) is 5.75 Å². The number of benzene rings is 1. The minimum atomic E-state index is -3.17. The van der Waals surface area contributed by atoms with Crippen LogP contribution in [-0.2, 0) is 10.0 Å². The van der Waals surface area contributed by atoms with Gasteiger partial charge in [-0.3, -0.25) is 0 Å². The predicted molar refractivity (Wildman–Crippen MR) is 101 cm³/mol. The molecule has 1 saturated heterocycles. The topological polar surface area (TPSA) is 65.2 Å². The van der Waals surface area contributed by atoms with Crippen LogP contribution in [0.4, 0.5) is 0 Å². The maximum absolute atomic E-state index is 11.9. The molecule has 1 fully saturated rings. The van der Waals surface area contributed by atoms with Crippen LogP contribution in [0.2, 0.25) is 0 Å². The molecular weight excluding hydrogens is 346 g/mol. The third-order valence-electron chi connectivity index (χ3n) is 5.01. The number of halogens is 1. The molecule has 3 rings (SSSR count). The normalized spacial score (nSPS) is 20.2. The van der Waals surface area contributed by atoms with E-state index in [2.05, 4.69) is 45.9 Å². The Balaban J connectivity index is 0.00000208. The number of fused-ring (bicyclic) bond motifs is 1. The van der Waals surface area contributed by atoms with Gasteiger partial charge in [0, 0.05) is 18.3 Å². The Morgan fingerprint density at radius 3 is 2.83 bits per heavy atom. The lowest BCUT2D eigenvalue weighted by molar-refractivity contribution is 0.366. The van der Waals surface area contributed by atoms with Crippen LogP contribution >= 0.6 is 12.4 Å². The molecule has 0 aliphatic carbocycles. The van der Waals surface area contributed by atoms with Gasteiger partial charge < -0.3 is 9.88 Å². The highest BCUT2D eigenvalue weighted by molar-refractivity contribution is 7.89. The number of nitrogens with one attached hydrogen (secondary N) is 2. The number of aromatic nitrogens is 1. The van der Waals surface area contributed by atoms with Gasteiger partial charge in [-0.25, -0.2) is 13.1 Å². The molecule has 1 aliphatic heterocycles. The Hall–Kier alpha value is -1.08. The van der Waals surface area contributed by atoms with Crippen molar-refractivity contribution in [3.05, 3.63) is 36.0 Å². The molecule has 5 nitrogen and oxygen atoms in total. The van der Waals surface area contributed by atoms with Crippen molar-refractivity contribution < 1.29 is 8.42 Å². The summed E-state index contributed by atoms with van der Waals surface area (Å²) in [6.07, 6.45) is 3.74. The average Bonchev–Trinajstić information content (AvgIpc) is 3.16. The van der Waals surface area contributed by atoms with Crippen molar-refractivity contribution in [2.24, 2.45) is 5.92 Å². The summed E-state index contributed by atoms with van der Waals surface area (Å²) in [6.45, 7) is 2.13. The highest BCUT2D eigenvalue weighted by atomic mass is 35.5. The van der Waals surface area contributed by atoms with Crippen molar-refractivity contribution in [3.8, 4) is 0 Å². The molecule has 1 aromatic carbocycles. The summed E-state index contributed by atoms with van der Waals surface area (Å²) in [5.74, 6) is 0.977. The van der Waals surface area contributed by atoms with Crippen LogP contribution in [0, 0.1) is 5.92 Å². The van der Waals surface area contributed by atoms with Gasteiger partial charge in [-0.2, -0.15) is 0 Å². The number of rotatable bonds is 6. The molecular formula is C17H26ClN3O2S. The van der Waals surface area contributed by atoms with E-state index >= 15 is 0 Å². The molecule has 2 N–H and O–H groups in total. The molecule has 2 unspecified atom stereocenters. The van der Waals surface area contributed by atoms with Gasteiger partial charge in [0.15, 0.2) is 0 Å². The van der Waals surface area contributed by atoms with Crippen LogP contribution in [-0.4, -0.2) is 51.2 Å². The van der Waals surface area contributed by atoms with Gasteiger partial charge in [-0.1, -0.05) is 6.07 Å². The first kappa shape index (κ1) is 19.2. The molecule has 2 heterocycles. The van der Waals surface area contributed by atoms with Crippen LogP contribution in [0.25, 0.3) is 10.9 Å². The second-order valence-corrected chi connectivity index (χ2v) is 8.60. The minimum absolute atomic E-state index is 0. The fourth-order valence-corrected chi connectivity index (χ4v) is 4.43. The smallest absolute Gasteiger partial charge is 0.211 e. The van der Waals surface area contributed by atoms with E-state index in [4.69, 9.17) is 0 Å². The fourth-order valence-electron chi connectivity index (χ4n) is 3.66. The standard InChI is InChI=1S/C17H25N3O2S.ClH/c1-18-23(21,22)10-7-16(15-6-9-20(2)12-15)13-3-4-17-14(11-13)5-8-19-17;/h3-5,8,11,15-16,18-19H,6-7,9-10,12H2,1-2H3;1H. The van der Waals surface area contributed by atoms with E-state index in [1.165, 1.54) is 18.0 Å². The van der Waals surface area contributed by atoms with Crippen molar-refractivity contribution in [1.29, 1.82) is 0 Å². The molecule has 1 aromatic heterocycles. The predicted octanol–water partition coefficient (Wildman–Crippen LogP) is 2.56. The van der Waals surface area contributed by atoms with Crippen molar-refractivity contribution >= 4 is 33.3 Å². The van der Waals surface area contributed by atoms with Gasteiger partial charge in [-0.15, -0.1) is 12.4 Å². The first-order valence-electron chi connectivity index (χ1n) is 8.15. The van der Waals surface area contributed by atoms with E-state index in [9.17, 15) is 8.42 Å². The van der Waals surface area contributed by atoms with Crippen molar-refractivity contribution in [1.82, 2.24) is 14.6 Å². The minimum Gasteiger partial charge on any atom is -0.361 e. The molecule has 0 amide bonds. The monoisotopic (exact) mass is 371 g/mol. The second kappa shape index (κ2) is 7.87. The third-order valence-corrected chi connectivity index (χ3v) is 6.41. The SMILES string of the molecule is CNS(=O)(=O)CCC(c1ccc2[nH]ccc2c1)C1CCN(C)C1.Cl.